The first-order valence-electron chi connectivity index (χ1n) is 11.6. The molecule has 4 aromatic rings. The van der Waals surface area contributed by atoms with E-state index < -0.39 is 15.1 Å². The molecule has 7 nitrogen and oxygen atoms in total. The molecule has 0 saturated carbocycles. The minimum Gasteiger partial charge on any atom is -0.354 e. The van der Waals surface area contributed by atoms with Crippen LogP contribution >= 0.6 is 0 Å². The normalized spacial score (nSPS) is 12.0. The van der Waals surface area contributed by atoms with Gasteiger partial charge in [-0.1, -0.05) is 55.4 Å². The number of rotatable bonds is 8. The Labute approximate surface area is 208 Å². The van der Waals surface area contributed by atoms with Crippen LogP contribution in [0, 0.1) is 6.92 Å². The molecule has 2 aromatic heterocycles. The minimum atomic E-state index is -3.33. The fourth-order valence-corrected chi connectivity index (χ4v) is 4.61. The third-order valence-electron chi connectivity index (χ3n) is 5.76. The number of sulfone groups is 1. The van der Waals surface area contributed by atoms with Crippen molar-refractivity contribution >= 4 is 9.84 Å². The van der Waals surface area contributed by atoms with Crippen molar-refractivity contribution in [3.8, 4) is 34.0 Å². The standard InChI is InChI=1S/C27H30N4O3S.H2/c1-17(2)28-15-20-6-8-21(9-7-20)24-14-26(34-31-24)27-19(5)29-16-25(30-27)22-10-12-23(13-11-22)35(32,33)18(3)4;/h6-14,16-18,28H,15H2,1-5H3;1H. The van der Waals surface area contributed by atoms with Crippen LogP contribution in [0.25, 0.3) is 34.0 Å². The number of nitrogens with zero attached hydrogens (tertiary/aromatic N) is 3. The maximum absolute atomic E-state index is 12.4. The Morgan fingerprint density at radius 1 is 0.943 bits per heavy atom. The lowest BCUT2D eigenvalue weighted by atomic mass is 10.1. The van der Waals surface area contributed by atoms with Crippen LogP contribution in [-0.2, 0) is 16.4 Å². The number of nitrogens with one attached hydrogen (secondary N) is 1. The lowest BCUT2D eigenvalue weighted by Gasteiger charge is -2.09. The van der Waals surface area contributed by atoms with Crippen LogP contribution in [-0.4, -0.2) is 34.8 Å². The molecular formula is C27H32N4O3S. The van der Waals surface area contributed by atoms with Crippen molar-refractivity contribution in [3.05, 3.63) is 72.1 Å². The second-order valence-corrected chi connectivity index (χ2v) is 11.6. The average molecular weight is 493 g/mol. The zero-order valence-corrected chi connectivity index (χ0v) is 21.4. The van der Waals surface area contributed by atoms with Gasteiger partial charge in [-0.05, 0) is 38.5 Å². The van der Waals surface area contributed by atoms with Gasteiger partial charge in [-0.2, -0.15) is 0 Å². The molecule has 0 fully saturated rings. The van der Waals surface area contributed by atoms with E-state index in [0.29, 0.717) is 33.8 Å². The Kier molecular flexibility index (Phi) is 7.14. The second kappa shape index (κ2) is 10.1. The highest BCUT2D eigenvalue weighted by molar-refractivity contribution is 7.92. The summed E-state index contributed by atoms with van der Waals surface area (Å²) in [6, 6.07) is 17.2. The van der Waals surface area contributed by atoms with Crippen LogP contribution in [0.4, 0.5) is 0 Å². The number of hydrogen-bond acceptors (Lipinski definition) is 7. The van der Waals surface area contributed by atoms with Crippen molar-refractivity contribution < 1.29 is 14.4 Å². The number of aromatic nitrogens is 3. The summed E-state index contributed by atoms with van der Waals surface area (Å²) < 4.78 is 30.5. The molecule has 184 valence electrons. The number of hydrogen-bond donors (Lipinski definition) is 1. The highest BCUT2D eigenvalue weighted by atomic mass is 32.2. The van der Waals surface area contributed by atoms with Crippen LogP contribution in [0.1, 0.15) is 40.4 Å². The van der Waals surface area contributed by atoms with Crippen molar-refractivity contribution in [2.75, 3.05) is 0 Å². The lowest BCUT2D eigenvalue weighted by molar-refractivity contribution is 0.433. The summed E-state index contributed by atoms with van der Waals surface area (Å²) in [6.07, 6.45) is 1.67. The fourth-order valence-electron chi connectivity index (χ4n) is 3.55. The second-order valence-electron chi connectivity index (χ2n) is 9.12. The van der Waals surface area contributed by atoms with E-state index >= 15 is 0 Å². The zero-order chi connectivity index (χ0) is 25.2. The molecule has 0 spiro atoms. The number of benzene rings is 2. The van der Waals surface area contributed by atoms with Crippen molar-refractivity contribution in [2.24, 2.45) is 0 Å². The van der Waals surface area contributed by atoms with Crippen LogP contribution < -0.4 is 5.32 Å². The molecule has 0 unspecified atom stereocenters. The Balaban J connectivity index is 0.00000361. The maximum Gasteiger partial charge on any atom is 0.187 e. The summed E-state index contributed by atoms with van der Waals surface area (Å²) in [7, 11) is -3.33. The molecular weight excluding hydrogens is 460 g/mol. The SMILES string of the molecule is Cc1ncc(-c2ccc(S(=O)(=O)C(C)C)cc2)nc1-c1cc(-c2ccc(CNC(C)C)cc2)no1.[HH]. The third kappa shape index (κ3) is 5.49. The monoisotopic (exact) mass is 492 g/mol. The molecule has 0 saturated heterocycles. The lowest BCUT2D eigenvalue weighted by Crippen LogP contribution is -2.21. The van der Waals surface area contributed by atoms with Gasteiger partial charge in [0.15, 0.2) is 15.6 Å². The van der Waals surface area contributed by atoms with Crippen molar-refractivity contribution in [3.63, 3.8) is 0 Å². The van der Waals surface area contributed by atoms with E-state index in [1.165, 1.54) is 5.56 Å². The maximum atomic E-state index is 12.4. The Morgan fingerprint density at radius 2 is 1.57 bits per heavy atom. The molecule has 0 aliphatic heterocycles. The molecule has 0 amide bonds. The van der Waals surface area contributed by atoms with Crippen LogP contribution in [0.15, 0.2) is 70.2 Å². The van der Waals surface area contributed by atoms with Crippen molar-refractivity contribution in [2.45, 2.75) is 57.4 Å². The molecule has 35 heavy (non-hydrogen) atoms. The summed E-state index contributed by atoms with van der Waals surface area (Å²) in [6.45, 7) is 10.3. The third-order valence-corrected chi connectivity index (χ3v) is 7.93. The summed E-state index contributed by atoms with van der Waals surface area (Å²) in [5, 5.41) is 7.17. The summed E-state index contributed by atoms with van der Waals surface area (Å²) in [5.74, 6) is 0.524. The van der Waals surface area contributed by atoms with E-state index in [4.69, 9.17) is 9.51 Å². The highest BCUT2D eigenvalue weighted by Gasteiger charge is 2.19. The predicted octanol–water partition coefficient (Wildman–Crippen LogP) is 5.70. The summed E-state index contributed by atoms with van der Waals surface area (Å²) in [5.41, 5.74) is 5.58. The first-order valence-corrected chi connectivity index (χ1v) is 13.2. The Morgan fingerprint density at radius 3 is 2.20 bits per heavy atom. The van der Waals surface area contributed by atoms with Crippen LogP contribution in [0.3, 0.4) is 0 Å². The molecule has 0 aliphatic rings. The largest absolute Gasteiger partial charge is 0.354 e. The first-order chi connectivity index (χ1) is 16.6. The predicted molar refractivity (Wildman–Crippen MR) is 140 cm³/mol. The fraction of sp³-hybridized carbons (Fsp3) is 0.296. The molecule has 2 aromatic carbocycles. The quantitative estimate of drug-likeness (QED) is 0.337. The van der Waals surface area contributed by atoms with E-state index in [0.717, 1.165) is 23.4 Å². The minimum absolute atomic E-state index is 0. The van der Waals surface area contributed by atoms with Crippen LogP contribution in [0.5, 0.6) is 0 Å². The molecule has 1 N–H and O–H groups in total. The van der Waals surface area contributed by atoms with Gasteiger partial charge in [0, 0.05) is 31.2 Å². The molecule has 0 atom stereocenters. The van der Waals surface area contributed by atoms with Gasteiger partial charge in [0.1, 0.15) is 11.4 Å². The highest BCUT2D eigenvalue weighted by Crippen LogP contribution is 2.29. The van der Waals surface area contributed by atoms with E-state index in [1.54, 1.807) is 44.3 Å². The van der Waals surface area contributed by atoms with E-state index in [-0.39, 0.29) is 1.43 Å². The van der Waals surface area contributed by atoms with Gasteiger partial charge < -0.3 is 9.84 Å². The van der Waals surface area contributed by atoms with E-state index in [9.17, 15) is 8.42 Å². The van der Waals surface area contributed by atoms with Gasteiger partial charge in [-0.15, -0.1) is 0 Å². The molecule has 4 rings (SSSR count). The van der Waals surface area contributed by atoms with E-state index in [2.05, 4.69) is 41.4 Å². The topological polar surface area (TPSA) is 98.0 Å². The van der Waals surface area contributed by atoms with Gasteiger partial charge in [0.05, 0.1) is 27.7 Å². The van der Waals surface area contributed by atoms with Crippen molar-refractivity contribution in [1.82, 2.24) is 20.4 Å². The molecule has 8 heteroatoms. The van der Waals surface area contributed by atoms with Gasteiger partial charge in [0.25, 0.3) is 0 Å². The summed E-state index contributed by atoms with van der Waals surface area (Å²) in [4.78, 5) is 9.53. The first kappa shape index (κ1) is 24.8. The molecule has 0 radical (unpaired) electrons. The van der Waals surface area contributed by atoms with Crippen molar-refractivity contribution in [1.29, 1.82) is 0 Å². The molecule has 0 bridgehead atoms. The Hall–Kier alpha value is -3.36. The number of aryl methyl sites for hydroxylation is 1. The van der Waals surface area contributed by atoms with Gasteiger partial charge in [-0.3, -0.25) is 4.98 Å². The van der Waals surface area contributed by atoms with Gasteiger partial charge >= 0.3 is 0 Å². The molecule has 2 heterocycles. The summed E-state index contributed by atoms with van der Waals surface area (Å²) >= 11 is 0. The zero-order valence-electron chi connectivity index (χ0n) is 20.6. The van der Waals surface area contributed by atoms with Gasteiger partial charge in [0.2, 0.25) is 0 Å². The smallest absolute Gasteiger partial charge is 0.187 e. The van der Waals surface area contributed by atoms with E-state index in [1.807, 2.05) is 25.1 Å². The van der Waals surface area contributed by atoms with Crippen LogP contribution in [0.2, 0.25) is 0 Å². The Bertz CT molecular complexity index is 1410. The van der Waals surface area contributed by atoms with Gasteiger partial charge in [-0.25, -0.2) is 13.4 Å². The molecule has 0 aliphatic carbocycles. The average Bonchev–Trinajstić information content (AvgIpc) is 3.33.